The first kappa shape index (κ1) is 22.8. The number of aromatic hydroxyl groups is 1. The first-order valence-corrected chi connectivity index (χ1v) is 11.8. The molecule has 0 bridgehead atoms. The van der Waals surface area contributed by atoms with Crippen LogP contribution in [0.1, 0.15) is 32.8 Å². The Morgan fingerprint density at radius 1 is 1.27 bits per heavy atom. The molecule has 0 spiro atoms. The quantitative estimate of drug-likeness (QED) is 0.322. The number of ether oxygens (including phenoxy) is 1. The van der Waals surface area contributed by atoms with Crippen molar-refractivity contribution >= 4 is 39.3 Å². The molecule has 1 aromatic carbocycles. The van der Waals surface area contributed by atoms with Gasteiger partial charge in [0, 0.05) is 25.7 Å². The van der Waals surface area contributed by atoms with Crippen molar-refractivity contribution < 1.29 is 23.7 Å². The fraction of sp³-hybridized carbons (Fsp3) is 0.273. The van der Waals surface area contributed by atoms with Gasteiger partial charge in [0.1, 0.15) is 27.6 Å². The molecule has 0 radical (unpaired) electrons. The summed E-state index contributed by atoms with van der Waals surface area (Å²) in [7, 11) is -3.76. The number of benzene rings is 1. The van der Waals surface area contributed by atoms with Crippen LogP contribution >= 0.6 is 10.8 Å². The van der Waals surface area contributed by atoms with Crippen LogP contribution in [-0.4, -0.2) is 35.6 Å². The highest BCUT2D eigenvalue weighted by Gasteiger charge is 2.31. The zero-order valence-electron chi connectivity index (χ0n) is 18.3. The number of hydrogen-bond acceptors (Lipinski definition) is 9. The predicted octanol–water partition coefficient (Wildman–Crippen LogP) is 3.97. The lowest BCUT2D eigenvalue weighted by Gasteiger charge is -2.34. The van der Waals surface area contributed by atoms with Crippen LogP contribution in [0.5, 0.6) is 11.5 Å². The molecule has 3 aromatic rings. The molecule has 1 aliphatic rings. The van der Waals surface area contributed by atoms with Crippen LogP contribution in [0.2, 0.25) is 0 Å². The Morgan fingerprint density at radius 3 is 2.73 bits per heavy atom. The number of nitrogens with one attached hydrogen (secondary N) is 1. The van der Waals surface area contributed by atoms with Gasteiger partial charge in [-0.2, -0.15) is 0 Å². The predicted molar refractivity (Wildman–Crippen MR) is 126 cm³/mol. The van der Waals surface area contributed by atoms with Gasteiger partial charge < -0.3 is 15.2 Å². The number of hydrogen-bond donors (Lipinski definition) is 4. The first-order chi connectivity index (χ1) is 15.6. The molecular weight excluding hydrogens is 448 g/mol. The smallest absolute Gasteiger partial charge is 0.308 e. The summed E-state index contributed by atoms with van der Waals surface area (Å²) in [5.41, 5.74) is -0.150. The molecule has 1 aliphatic heterocycles. The SMILES string of the molecule is CC(=O)Oc1ccc2c(c1)S(O)(O)N=C(c1c(O)c3cccnc3n(CCC(C)C)c1=O)N2. The lowest BCUT2D eigenvalue weighted by atomic mass is 10.1. The molecule has 0 amide bonds. The summed E-state index contributed by atoms with van der Waals surface area (Å²) in [6.07, 6.45) is 2.24. The highest BCUT2D eigenvalue weighted by Crippen LogP contribution is 2.56. The third kappa shape index (κ3) is 4.30. The number of carbonyl (C=O) groups excluding carboxylic acids is 1. The standard InChI is InChI=1S/C22H24N4O6S/c1-12(2)8-10-26-21-15(5-4-9-23-21)19(28)18(22(26)29)20-24-16-7-6-14(32-13(3)27)11-17(16)33(30,31)25-20/h4-7,9,11-12,28,30-31H,8,10H2,1-3H3,(H,24,25). The Morgan fingerprint density at radius 2 is 2.03 bits per heavy atom. The van der Waals surface area contributed by atoms with Crippen LogP contribution in [-0.2, 0) is 11.3 Å². The van der Waals surface area contributed by atoms with Crippen LogP contribution < -0.4 is 15.6 Å². The summed E-state index contributed by atoms with van der Waals surface area (Å²) in [6.45, 7) is 5.66. The largest absolute Gasteiger partial charge is 0.506 e. The maximum absolute atomic E-state index is 13.4. The monoisotopic (exact) mass is 472 g/mol. The zero-order chi connectivity index (χ0) is 23.9. The lowest BCUT2D eigenvalue weighted by molar-refractivity contribution is -0.131. The fourth-order valence-electron chi connectivity index (χ4n) is 3.57. The summed E-state index contributed by atoms with van der Waals surface area (Å²) in [6, 6.07) is 7.51. The van der Waals surface area contributed by atoms with E-state index in [1.54, 1.807) is 12.1 Å². The van der Waals surface area contributed by atoms with Crippen molar-refractivity contribution in [3.63, 3.8) is 0 Å². The molecule has 0 unspecified atom stereocenters. The highest BCUT2D eigenvalue weighted by molar-refractivity contribution is 8.23. The average molecular weight is 473 g/mol. The van der Waals surface area contributed by atoms with Crippen LogP contribution in [0.15, 0.2) is 50.6 Å². The van der Waals surface area contributed by atoms with Gasteiger partial charge in [-0.05, 0) is 36.6 Å². The van der Waals surface area contributed by atoms with Crippen molar-refractivity contribution in [2.75, 3.05) is 5.32 Å². The van der Waals surface area contributed by atoms with Crippen molar-refractivity contribution in [3.05, 3.63) is 52.4 Å². The number of aromatic nitrogens is 2. The Bertz CT molecular complexity index is 1350. The van der Waals surface area contributed by atoms with Gasteiger partial charge in [0.05, 0.1) is 11.1 Å². The molecule has 0 aliphatic carbocycles. The van der Waals surface area contributed by atoms with Gasteiger partial charge in [0.2, 0.25) is 0 Å². The summed E-state index contributed by atoms with van der Waals surface area (Å²) >= 11 is 0. The van der Waals surface area contributed by atoms with Gasteiger partial charge in [-0.15, -0.1) is 4.40 Å². The molecule has 0 atom stereocenters. The number of fused-ring (bicyclic) bond motifs is 2. The van der Waals surface area contributed by atoms with E-state index in [1.165, 1.54) is 35.9 Å². The number of pyridine rings is 2. The topological polar surface area (TPSA) is 146 Å². The number of aryl methyl sites for hydroxylation is 1. The number of esters is 1. The van der Waals surface area contributed by atoms with E-state index in [9.17, 15) is 23.8 Å². The van der Waals surface area contributed by atoms with Crippen LogP contribution in [0.3, 0.4) is 0 Å². The normalized spacial score (nSPS) is 15.5. The van der Waals surface area contributed by atoms with Crippen molar-refractivity contribution in [3.8, 4) is 11.5 Å². The first-order valence-electron chi connectivity index (χ1n) is 10.3. The zero-order valence-corrected chi connectivity index (χ0v) is 19.1. The number of nitrogens with zero attached hydrogens (tertiary/aromatic N) is 3. The number of anilines is 1. The molecule has 0 saturated heterocycles. The van der Waals surface area contributed by atoms with E-state index in [4.69, 9.17) is 4.74 Å². The van der Waals surface area contributed by atoms with E-state index in [1.807, 2.05) is 13.8 Å². The van der Waals surface area contributed by atoms with Crippen LogP contribution in [0.4, 0.5) is 5.69 Å². The third-order valence-corrected chi connectivity index (χ3v) is 6.51. The molecule has 10 nitrogen and oxygen atoms in total. The van der Waals surface area contributed by atoms with Gasteiger partial charge in [-0.1, -0.05) is 24.6 Å². The maximum Gasteiger partial charge on any atom is 0.308 e. The third-order valence-electron chi connectivity index (χ3n) is 5.14. The average Bonchev–Trinajstić information content (AvgIpc) is 2.73. The molecule has 4 rings (SSSR count). The fourth-order valence-corrected chi connectivity index (χ4v) is 4.75. The summed E-state index contributed by atoms with van der Waals surface area (Å²) < 4.78 is 31.9. The Hall–Kier alpha value is -3.41. The van der Waals surface area contributed by atoms with E-state index in [0.717, 1.165) is 0 Å². The number of carbonyl (C=O) groups is 1. The molecule has 33 heavy (non-hydrogen) atoms. The second-order valence-electron chi connectivity index (χ2n) is 8.07. The Kier molecular flexibility index (Phi) is 5.87. The summed E-state index contributed by atoms with van der Waals surface area (Å²) in [4.78, 5) is 29.0. The number of amidine groups is 1. The van der Waals surface area contributed by atoms with Crippen LogP contribution in [0, 0.1) is 5.92 Å². The molecule has 174 valence electrons. The van der Waals surface area contributed by atoms with Gasteiger partial charge in [0.15, 0.2) is 5.84 Å². The minimum absolute atomic E-state index is 0.00655. The maximum atomic E-state index is 13.4. The second kappa shape index (κ2) is 8.50. The summed E-state index contributed by atoms with van der Waals surface area (Å²) in [5.74, 6) is -0.642. The van der Waals surface area contributed by atoms with E-state index in [-0.39, 0.29) is 33.5 Å². The van der Waals surface area contributed by atoms with Crippen molar-refractivity contribution in [1.29, 1.82) is 0 Å². The summed E-state index contributed by atoms with van der Waals surface area (Å²) in [5, 5.41) is 14.2. The van der Waals surface area contributed by atoms with Gasteiger partial charge in [-0.3, -0.25) is 23.3 Å². The highest BCUT2D eigenvalue weighted by atomic mass is 32.3. The molecule has 11 heteroatoms. The van der Waals surface area contributed by atoms with Crippen molar-refractivity contribution in [1.82, 2.24) is 9.55 Å². The second-order valence-corrected chi connectivity index (χ2v) is 9.73. The van der Waals surface area contributed by atoms with Crippen molar-refractivity contribution in [2.45, 2.75) is 38.6 Å². The minimum Gasteiger partial charge on any atom is -0.506 e. The minimum atomic E-state index is -3.76. The lowest BCUT2D eigenvalue weighted by Crippen LogP contribution is -2.32. The van der Waals surface area contributed by atoms with E-state index < -0.39 is 22.3 Å². The molecule has 2 aromatic heterocycles. The Labute approximate surface area is 191 Å². The van der Waals surface area contributed by atoms with Crippen LogP contribution in [0.25, 0.3) is 11.0 Å². The molecule has 0 saturated carbocycles. The van der Waals surface area contributed by atoms with E-state index in [2.05, 4.69) is 14.7 Å². The van der Waals surface area contributed by atoms with E-state index in [0.29, 0.717) is 29.9 Å². The van der Waals surface area contributed by atoms with E-state index >= 15 is 0 Å². The number of rotatable bonds is 5. The van der Waals surface area contributed by atoms with Crippen molar-refractivity contribution in [2.24, 2.45) is 10.3 Å². The Balaban J connectivity index is 1.88. The van der Waals surface area contributed by atoms with Gasteiger partial charge >= 0.3 is 5.97 Å². The van der Waals surface area contributed by atoms with Gasteiger partial charge in [-0.25, -0.2) is 4.98 Å². The van der Waals surface area contributed by atoms with Gasteiger partial charge in [0.25, 0.3) is 5.56 Å². The molecular formula is C22H24N4O6S. The molecule has 4 N–H and O–H groups in total. The molecule has 3 heterocycles. The molecule has 0 fully saturated rings.